The zero-order valence-corrected chi connectivity index (χ0v) is 19.6. The van der Waals surface area contributed by atoms with E-state index in [4.69, 9.17) is 0 Å². The van der Waals surface area contributed by atoms with E-state index in [1.165, 1.54) is 16.5 Å². The van der Waals surface area contributed by atoms with Crippen LogP contribution >= 0.6 is 0 Å². The lowest BCUT2D eigenvalue weighted by Gasteiger charge is -2.32. The van der Waals surface area contributed by atoms with Crippen LogP contribution < -0.4 is 0 Å². The monoisotopic (exact) mass is 460 g/mol. The van der Waals surface area contributed by atoms with Crippen LogP contribution in [-0.2, 0) is 0 Å². The third-order valence-corrected chi connectivity index (χ3v) is 6.34. The molecule has 0 saturated carbocycles. The van der Waals surface area contributed by atoms with Crippen LogP contribution in [0, 0.1) is 5.95 Å². The van der Waals surface area contributed by atoms with Crippen LogP contribution in [0.15, 0.2) is 54.1 Å². The van der Waals surface area contributed by atoms with Gasteiger partial charge >= 0.3 is 6.18 Å². The highest BCUT2D eigenvalue weighted by atomic mass is 19.4. The van der Waals surface area contributed by atoms with Crippen molar-refractivity contribution in [2.75, 3.05) is 19.6 Å². The molecule has 2 heterocycles. The number of halogens is 4. The van der Waals surface area contributed by atoms with Gasteiger partial charge in [-0.3, -0.25) is 4.90 Å². The molecule has 6 heteroatoms. The Balaban J connectivity index is 1.85. The topological polar surface area (TPSA) is 16.1 Å². The second-order valence-corrected chi connectivity index (χ2v) is 8.72. The van der Waals surface area contributed by atoms with Gasteiger partial charge < -0.3 is 0 Å². The summed E-state index contributed by atoms with van der Waals surface area (Å²) in [7, 11) is 0. The number of hydrogen-bond acceptors (Lipinski definition) is 2. The van der Waals surface area contributed by atoms with Crippen LogP contribution in [0.25, 0.3) is 11.1 Å². The first-order chi connectivity index (χ1) is 15.7. The normalized spacial score (nSPS) is 17.2. The molecule has 0 spiro atoms. The molecular weight excluding hydrogens is 428 g/mol. The Bertz CT molecular complexity index is 982. The molecule has 0 unspecified atom stereocenters. The molecule has 178 valence electrons. The van der Waals surface area contributed by atoms with Gasteiger partial charge in [0.15, 0.2) is 0 Å². The minimum atomic E-state index is -4.14. The molecule has 0 radical (unpaired) electrons. The summed E-state index contributed by atoms with van der Waals surface area (Å²) in [5.74, 6) is -0.237. The van der Waals surface area contributed by atoms with Crippen molar-refractivity contribution in [2.24, 2.45) is 0 Å². The highest BCUT2D eigenvalue weighted by Gasteiger charge is 2.32. The van der Waals surface area contributed by atoms with Crippen LogP contribution in [0.2, 0.25) is 0 Å². The molecule has 0 atom stereocenters. The average molecular weight is 461 g/mol. The number of pyridine rings is 1. The molecule has 0 bridgehead atoms. The fraction of sp³-hybridized carbons (Fsp3) is 0.444. The van der Waals surface area contributed by atoms with Gasteiger partial charge in [0, 0.05) is 5.57 Å². The number of hydrogen-bond donors (Lipinski definition) is 0. The largest absolute Gasteiger partial charge is 0.401 e. The minimum Gasteiger partial charge on any atom is -0.295 e. The van der Waals surface area contributed by atoms with Gasteiger partial charge in [0.05, 0.1) is 12.2 Å². The van der Waals surface area contributed by atoms with Crippen molar-refractivity contribution in [3.05, 3.63) is 76.9 Å². The van der Waals surface area contributed by atoms with Gasteiger partial charge in [-0.05, 0) is 80.4 Å². The Labute approximate surface area is 194 Å². The third kappa shape index (κ3) is 7.00. The van der Waals surface area contributed by atoms with Crippen molar-refractivity contribution in [3.63, 3.8) is 0 Å². The molecule has 1 aliphatic heterocycles. The number of alkyl halides is 3. The maximum Gasteiger partial charge on any atom is 0.401 e. The van der Waals surface area contributed by atoms with E-state index in [1.807, 2.05) is 6.07 Å². The second kappa shape index (κ2) is 11.1. The van der Waals surface area contributed by atoms with Crippen molar-refractivity contribution >= 4 is 11.1 Å². The van der Waals surface area contributed by atoms with Gasteiger partial charge in [0.25, 0.3) is 0 Å². The predicted molar refractivity (Wildman–Crippen MR) is 126 cm³/mol. The van der Waals surface area contributed by atoms with Crippen LogP contribution in [0.3, 0.4) is 0 Å². The van der Waals surface area contributed by atoms with Crippen molar-refractivity contribution in [1.29, 1.82) is 0 Å². The Kier molecular flexibility index (Phi) is 8.46. The van der Waals surface area contributed by atoms with E-state index >= 15 is 0 Å². The lowest BCUT2D eigenvalue weighted by atomic mass is 9.87. The molecule has 0 aliphatic carbocycles. The lowest BCUT2D eigenvalue weighted by Crippen LogP contribution is -2.39. The molecule has 3 rings (SSSR count). The Morgan fingerprint density at radius 2 is 1.70 bits per heavy atom. The van der Waals surface area contributed by atoms with Gasteiger partial charge in [0.1, 0.15) is 0 Å². The number of benzene rings is 1. The highest BCUT2D eigenvalue weighted by molar-refractivity contribution is 5.94. The number of rotatable bonds is 7. The fourth-order valence-electron chi connectivity index (χ4n) is 4.41. The maximum absolute atomic E-state index is 13.9. The smallest absolute Gasteiger partial charge is 0.295 e. The van der Waals surface area contributed by atoms with E-state index in [0.717, 1.165) is 48.0 Å². The van der Waals surface area contributed by atoms with E-state index in [-0.39, 0.29) is 5.92 Å². The van der Waals surface area contributed by atoms with Gasteiger partial charge in [-0.1, -0.05) is 55.8 Å². The second-order valence-electron chi connectivity index (χ2n) is 8.72. The van der Waals surface area contributed by atoms with E-state index < -0.39 is 18.7 Å². The first-order valence-corrected chi connectivity index (χ1v) is 11.6. The minimum absolute atomic E-state index is 0.268. The van der Waals surface area contributed by atoms with Crippen molar-refractivity contribution in [2.45, 2.75) is 58.5 Å². The molecule has 1 fully saturated rings. The molecule has 1 saturated heterocycles. The Hall–Kier alpha value is -2.47. The van der Waals surface area contributed by atoms with Crippen LogP contribution in [-0.4, -0.2) is 35.7 Å². The summed E-state index contributed by atoms with van der Waals surface area (Å²) in [6.07, 6.45) is 1.05. The molecule has 1 aromatic heterocycles. The zero-order chi connectivity index (χ0) is 24.0. The fourth-order valence-corrected chi connectivity index (χ4v) is 4.41. The summed E-state index contributed by atoms with van der Waals surface area (Å²) in [5.41, 5.74) is 6.02. The standard InChI is InChI=1S/C27H32F4N2/c1-4-19(3)17-24(25-7-6-8-26(28)32-25)23(5-2)22-11-9-20(10-12-22)21-13-15-33(16-14-21)18-27(29,30)31/h6-12,17,21H,4-5,13-16,18H2,1-3H3. The lowest BCUT2D eigenvalue weighted by molar-refractivity contribution is -0.147. The van der Waals surface area contributed by atoms with Crippen molar-refractivity contribution in [3.8, 4) is 0 Å². The Morgan fingerprint density at radius 1 is 1.03 bits per heavy atom. The Morgan fingerprint density at radius 3 is 2.24 bits per heavy atom. The highest BCUT2D eigenvalue weighted by Crippen LogP contribution is 2.34. The first kappa shape index (κ1) is 25.2. The van der Waals surface area contributed by atoms with Crippen LogP contribution in [0.4, 0.5) is 17.6 Å². The number of nitrogens with zero attached hydrogens (tertiary/aromatic N) is 2. The summed E-state index contributed by atoms with van der Waals surface area (Å²) in [6, 6.07) is 13.2. The predicted octanol–water partition coefficient (Wildman–Crippen LogP) is 7.64. The number of aromatic nitrogens is 1. The first-order valence-electron chi connectivity index (χ1n) is 11.6. The molecule has 33 heavy (non-hydrogen) atoms. The number of allylic oxidation sites excluding steroid dienone is 4. The van der Waals surface area contributed by atoms with E-state index in [9.17, 15) is 17.6 Å². The van der Waals surface area contributed by atoms with Crippen LogP contribution in [0.5, 0.6) is 0 Å². The summed E-state index contributed by atoms with van der Waals surface area (Å²) in [5, 5.41) is 0. The number of piperidine rings is 1. The van der Waals surface area contributed by atoms with Crippen LogP contribution in [0.1, 0.15) is 69.2 Å². The van der Waals surface area contributed by atoms with Gasteiger partial charge in [-0.2, -0.15) is 17.6 Å². The molecular formula is C27H32F4N2. The molecule has 0 amide bonds. The average Bonchev–Trinajstić information content (AvgIpc) is 2.78. The van der Waals surface area contributed by atoms with E-state index in [0.29, 0.717) is 18.8 Å². The van der Waals surface area contributed by atoms with Crippen molar-refractivity contribution < 1.29 is 17.6 Å². The van der Waals surface area contributed by atoms with Gasteiger partial charge in [0.2, 0.25) is 5.95 Å². The summed E-state index contributed by atoms with van der Waals surface area (Å²) in [6.45, 7) is 6.31. The summed E-state index contributed by atoms with van der Waals surface area (Å²) in [4.78, 5) is 5.61. The summed E-state index contributed by atoms with van der Waals surface area (Å²) >= 11 is 0. The molecule has 1 aromatic carbocycles. The van der Waals surface area contributed by atoms with Gasteiger partial charge in [-0.25, -0.2) is 4.98 Å². The quantitative estimate of drug-likeness (QED) is 0.240. The maximum atomic E-state index is 13.9. The van der Waals surface area contributed by atoms with E-state index in [1.54, 1.807) is 6.07 Å². The molecule has 0 N–H and O–H groups in total. The third-order valence-electron chi connectivity index (χ3n) is 6.34. The van der Waals surface area contributed by atoms with E-state index in [2.05, 4.69) is 56.1 Å². The SMILES string of the molecule is CCC(C)=CC(=C(CC)c1ccc(C2CCN(CC(F)(F)F)CC2)cc1)c1cccc(F)n1. The zero-order valence-electron chi connectivity index (χ0n) is 19.6. The van der Waals surface area contributed by atoms with Gasteiger partial charge in [-0.15, -0.1) is 0 Å². The molecule has 1 aliphatic rings. The molecule has 2 aromatic rings. The molecule has 2 nitrogen and oxygen atoms in total. The van der Waals surface area contributed by atoms with Crippen molar-refractivity contribution in [1.82, 2.24) is 9.88 Å². The summed E-state index contributed by atoms with van der Waals surface area (Å²) < 4.78 is 51.8. The number of likely N-dealkylation sites (tertiary alicyclic amines) is 1.